The molecule has 4 heteroatoms. The van der Waals surface area contributed by atoms with Crippen LogP contribution < -0.4 is 5.32 Å². The molecule has 1 fully saturated rings. The third kappa shape index (κ3) is 2.93. The highest BCUT2D eigenvalue weighted by Gasteiger charge is 2.32. The van der Waals surface area contributed by atoms with Gasteiger partial charge in [0.1, 0.15) is 6.07 Å². The molecule has 1 saturated carbocycles. The van der Waals surface area contributed by atoms with Gasteiger partial charge in [-0.1, -0.05) is 24.4 Å². The third-order valence-electron chi connectivity index (χ3n) is 3.65. The molecule has 0 saturated heterocycles. The Kier molecular flexibility index (Phi) is 4.42. The first-order valence-electron chi connectivity index (χ1n) is 6.18. The zero-order valence-electron chi connectivity index (χ0n) is 10.5. The van der Waals surface area contributed by atoms with E-state index in [4.69, 9.17) is 16.9 Å². The Hall–Kier alpha value is -0.850. The first-order valence-corrected chi connectivity index (χ1v) is 7.78. The summed E-state index contributed by atoms with van der Waals surface area (Å²) in [6, 6.07) is 7.62. The first-order chi connectivity index (χ1) is 8.69. The van der Waals surface area contributed by atoms with Gasteiger partial charge in [-0.25, -0.2) is 0 Å². The molecule has 0 unspecified atom stereocenters. The molecule has 0 aliphatic heterocycles. The Morgan fingerprint density at radius 1 is 1.44 bits per heavy atom. The number of nitrogens with zero attached hydrogens (tertiary/aromatic N) is 1. The molecule has 0 amide bonds. The Morgan fingerprint density at radius 2 is 2.17 bits per heavy atom. The highest BCUT2D eigenvalue weighted by atomic mass is 35.5. The summed E-state index contributed by atoms with van der Waals surface area (Å²) >= 11 is 7.84. The fraction of sp³-hybridized carbons (Fsp3) is 0.500. The van der Waals surface area contributed by atoms with Gasteiger partial charge in [-0.15, -0.1) is 0 Å². The third-order valence-corrected chi connectivity index (χ3v) is 5.30. The van der Waals surface area contributed by atoms with Crippen LogP contribution in [0.25, 0.3) is 0 Å². The van der Waals surface area contributed by atoms with Crippen LogP contribution in [0.5, 0.6) is 0 Å². The molecule has 0 aromatic heterocycles. The number of thioether (sulfide) groups is 1. The number of hydrogen-bond acceptors (Lipinski definition) is 3. The molecule has 18 heavy (non-hydrogen) atoms. The molecular weight excluding hydrogens is 264 g/mol. The Balaban J connectivity index is 2.08. The normalized spacial score (nSPS) is 17.4. The predicted molar refractivity (Wildman–Crippen MR) is 79.4 cm³/mol. The van der Waals surface area contributed by atoms with Gasteiger partial charge in [0.25, 0.3) is 0 Å². The van der Waals surface area contributed by atoms with E-state index in [1.165, 1.54) is 25.7 Å². The largest absolute Gasteiger partial charge is 0.383 e. The lowest BCUT2D eigenvalue weighted by Gasteiger charge is -2.27. The van der Waals surface area contributed by atoms with Crippen molar-refractivity contribution in [3.05, 3.63) is 28.8 Å². The van der Waals surface area contributed by atoms with Crippen molar-refractivity contribution >= 4 is 29.1 Å². The molecule has 1 aromatic carbocycles. The number of anilines is 1. The minimum atomic E-state index is 0.340. The van der Waals surface area contributed by atoms with Crippen molar-refractivity contribution < 1.29 is 0 Å². The van der Waals surface area contributed by atoms with E-state index < -0.39 is 0 Å². The van der Waals surface area contributed by atoms with Gasteiger partial charge in [0.15, 0.2) is 0 Å². The van der Waals surface area contributed by atoms with Gasteiger partial charge in [0.2, 0.25) is 0 Å². The monoisotopic (exact) mass is 280 g/mol. The van der Waals surface area contributed by atoms with Gasteiger partial charge >= 0.3 is 0 Å². The Bertz CT molecular complexity index is 461. The van der Waals surface area contributed by atoms with Gasteiger partial charge in [0.05, 0.1) is 11.3 Å². The van der Waals surface area contributed by atoms with Gasteiger partial charge in [-0.3, -0.25) is 0 Å². The summed E-state index contributed by atoms with van der Waals surface area (Å²) in [5, 5.41) is 13.1. The van der Waals surface area contributed by atoms with E-state index in [0.717, 1.165) is 12.2 Å². The van der Waals surface area contributed by atoms with E-state index in [1.54, 1.807) is 6.07 Å². The van der Waals surface area contributed by atoms with Crippen molar-refractivity contribution in [2.45, 2.75) is 30.4 Å². The summed E-state index contributed by atoms with van der Waals surface area (Å²) in [6.45, 7) is 0.921. The summed E-state index contributed by atoms with van der Waals surface area (Å²) in [4.78, 5) is 0. The summed E-state index contributed by atoms with van der Waals surface area (Å²) < 4.78 is 0.340. The second-order valence-corrected chi connectivity index (χ2v) is 6.46. The molecule has 0 atom stereocenters. The van der Waals surface area contributed by atoms with Crippen molar-refractivity contribution in [2.75, 3.05) is 18.1 Å². The molecule has 1 N–H and O–H groups in total. The van der Waals surface area contributed by atoms with Gasteiger partial charge < -0.3 is 5.32 Å². The van der Waals surface area contributed by atoms with Crippen LogP contribution >= 0.6 is 23.4 Å². The lowest BCUT2D eigenvalue weighted by Crippen LogP contribution is -2.30. The molecule has 2 nitrogen and oxygen atoms in total. The quantitative estimate of drug-likeness (QED) is 0.893. The highest BCUT2D eigenvalue weighted by molar-refractivity contribution is 8.00. The first kappa shape index (κ1) is 13.6. The molecule has 1 aliphatic carbocycles. The summed E-state index contributed by atoms with van der Waals surface area (Å²) in [6.07, 6.45) is 7.33. The molecular formula is C14H17ClN2S. The smallest absolute Gasteiger partial charge is 0.101 e. The average molecular weight is 281 g/mol. The second-order valence-electron chi connectivity index (χ2n) is 4.75. The van der Waals surface area contributed by atoms with Crippen molar-refractivity contribution in [1.29, 1.82) is 5.26 Å². The molecule has 1 aliphatic rings. The minimum absolute atomic E-state index is 0.340. The van der Waals surface area contributed by atoms with Gasteiger partial charge in [-0.05, 0) is 37.3 Å². The van der Waals surface area contributed by atoms with Crippen LogP contribution in [0.4, 0.5) is 5.69 Å². The molecule has 2 rings (SSSR count). The Labute approximate surface area is 118 Å². The summed E-state index contributed by atoms with van der Waals surface area (Å²) in [7, 11) is 0. The maximum Gasteiger partial charge on any atom is 0.101 e. The lowest BCUT2D eigenvalue weighted by molar-refractivity contribution is 0.640. The zero-order valence-corrected chi connectivity index (χ0v) is 12.1. The molecule has 0 heterocycles. The highest BCUT2D eigenvalue weighted by Crippen LogP contribution is 2.40. The van der Waals surface area contributed by atoms with Gasteiger partial charge in [0, 0.05) is 16.3 Å². The fourth-order valence-corrected chi connectivity index (χ4v) is 3.58. The predicted octanol–water partition coefficient (Wildman–Crippen LogP) is 4.30. The van der Waals surface area contributed by atoms with Crippen LogP contribution in [0.15, 0.2) is 18.2 Å². The van der Waals surface area contributed by atoms with Crippen molar-refractivity contribution in [3.63, 3.8) is 0 Å². The molecule has 0 bridgehead atoms. The number of halogens is 1. The number of hydrogen-bond donors (Lipinski definition) is 1. The van der Waals surface area contributed by atoms with E-state index in [2.05, 4.69) is 17.6 Å². The van der Waals surface area contributed by atoms with Crippen LogP contribution in [-0.4, -0.2) is 17.5 Å². The SMILES string of the molecule is CSC1(CNc2ccc(Cl)cc2C#N)CCCC1. The standard InChI is InChI=1S/C14H17ClN2S/c1-18-14(6-2-3-7-14)10-17-13-5-4-12(15)8-11(13)9-16/h4-5,8,17H,2-3,6-7,10H2,1H3. The lowest BCUT2D eigenvalue weighted by atomic mass is 10.1. The van der Waals surface area contributed by atoms with Crippen LogP contribution in [-0.2, 0) is 0 Å². The fourth-order valence-electron chi connectivity index (χ4n) is 2.49. The molecule has 1 aromatic rings. The topological polar surface area (TPSA) is 35.8 Å². The zero-order chi connectivity index (χ0) is 13.0. The molecule has 96 valence electrons. The van der Waals surface area contributed by atoms with Crippen LogP contribution in [0.3, 0.4) is 0 Å². The minimum Gasteiger partial charge on any atom is -0.383 e. The van der Waals surface area contributed by atoms with E-state index in [1.807, 2.05) is 23.9 Å². The number of nitrogens with one attached hydrogen (secondary N) is 1. The summed E-state index contributed by atoms with van der Waals surface area (Å²) in [5.74, 6) is 0. The van der Waals surface area contributed by atoms with Crippen LogP contribution in [0.2, 0.25) is 5.02 Å². The van der Waals surface area contributed by atoms with E-state index in [0.29, 0.717) is 15.3 Å². The van der Waals surface area contributed by atoms with Crippen molar-refractivity contribution in [2.24, 2.45) is 0 Å². The van der Waals surface area contributed by atoms with Gasteiger partial charge in [-0.2, -0.15) is 17.0 Å². The maximum atomic E-state index is 9.10. The molecule has 0 radical (unpaired) electrons. The average Bonchev–Trinajstić information content (AvgIpc) is 2.86. The van der Waals surface area contributed by atoms with Crippen molar-refractivity contribution in [1.82, 2.24) is 0 Å². The summed E-state index contributed by atoms with van der Waals surface area (Å²) in [5.41, 5.74) is 1.51. The van der Waals surface area contributed by atoms with E-state index in [-0.39, 0.29) is 0 Å². The van der Waals surface area contributed by atoms with Crippen molar-refractivity contribution in [3.8, 4) is 6.07 Å². The second kappa shape index (κ2) is 5.86. The maximum absolute atomic E-state index is 9.10. The van der Waals surface area contributed by atoms with Crippen LogP contribution in [0.1, 0.15) is 31.2 Å². The number of benzene rings is 1. The van der Waals surface area contributed by atoms with E-state index >= 15 is 0 Å². The molecule has 0 spiro atoms. The van der Waals surface area contributed by atoms with Crippen LogP contribution in [0, 0.1) is 11.3 Å². The van der Waals surface area contributed by atoms with E-state index in [9.17, 15) is 0 Å². The number of nitriles is 1. The number of rotatable bonds is 4. The Morgan fingerprint density at radius 3 is 2.78 bits per heavy atom.